The first-order valence-corrected chi connectivity index (χ1v) is 6.98. The number of nitrogens with zero attached hydrogens (tertiary/aromatic N) is 3. The monoisotopic (exact) mass is 298 g/mol. The molecule has 19 heavy (non-hydrogen) atoms. The second-order valence-corrected chi connectivity index (χ2v) is 4.90. The minimum absolute atomic E-state index is 0.0875. The Labute approximate surface area is 122 Å². The summed E-state index contributed by atoms with van der Waals surface area (Å²) in [5, 5.41) is 8.94. The van der Waals surface area contributed by atoms with E-state index in [9.17, 15) is 0 Å². The molecule has 102 valence electrons. The standard InChI is InChI=1S/C13H16Cl2N4/c1-3-17-12(9-5-6-16-7-10(9)14)13-11(15)8-18-19(13)4-2/h5-8,12,17H,3-4H2,1-2H3. The van der Waals surface area contributed by atoms with E-state index < -0.39 is 0 Å². The van der Waals surface area contributed by atoms with Crippen LogP contribution >= 0.6 is 23.2 Å². The fourth-order valence-corrected chi connectivity index (χ4v) is 2.57. The average Bonchev–Trinajstić information content (AvgIpc) is 2.78. The lowest BCUT2D eigenvalue weighted by Crippen LogP contribution is -2.25. The third-order valence-electron chi connectivity index (χ3n) is 2.93. The van der Waals surface area contributed by atoms with Gasteiger partial charge in [-0.05, 0) is 25.1 Å². The molecule has 0 saturated heterocycles. The largest absolute Gasteiger partial charge is 0.305 e. The van der Waals surface area contributed by atoms with Crippen LogP contribution < -0.4 is 5.32 Å². The SMILES string of the molecule is CCNC(c1ccncc1Cl)c1c(Cl)cnn1CC. The van der Waals surface area contributed by atoms with Crippen LogP contribution in [0.15, 0.2) is 24.7 Å². The molecule has 0 aliphatic heterocycles. The molecule has 0 spiro atoms. The van der Waals surface area contributed by atoms with Gasteiger partial charge in [0.05, 0.1) is 28.0 Å². The minimum atomic E-state index is -0.0875. The Morgan fingerprint density at radius 2 is 2.05 bits per heavy atom. The number of nitrogens with one attached hydrogen (secondary N) is 1. The smallest absolute Gasteiger partial charge is 0.0837 e. The topological polar surface area (TPSA) is 42.7 Å². The van der Waals surface area contributed by atoms with E-state index >= 15 is 0 Å². The number of aryl methyl sites for hydroxylation is 1. The molecule has 2 aromatic heterocycles. The zero-order valence-corrected chi connectivity index (χ0v) is 12.4. The van der Waals surface area contributed by atoms with E-state index in [0.717, 1.165) is 24.3 Å². The second kappa shape index (κ2) is 6.37. The third kappa shape index (κ3) is 2.91. The van der Waals surface area contributed by atoms with Gasteiger partial charge in [0.25, 0.3) is 0 Å². The zero-order chi connectivity index (χ0) is 13.8. The summed E-state index contributed by atoms with van der Waals surface area (Å²) in [7, 11) is 0. The molecule has 2 aromatic rings. The van der Waals surface area contributed by atoms with Gasteiger partial charge in [-0.2, -0.15) is 5.10 Å². The average molecular weight is 299 g/mol. The fraction of sp³-hybridized carbons (Fsp3) is 0.385. The molecule has 0 radical (unpaired) electrons. The van der Waals surface area contributed by atoms with E-state index in [0.29, 0.717) is 10.0 Å². The maximum Gasteiger partial charge on any atom is 0.0837 e. The van der Waals surface area contributed by atoms with Crippen LogP contribution in [0.1, 0.15) is 31.1 Å². The number of rotatable bonds is 5. The van der Waals surface area contributed by atoms with Crippen LogP contribution in [-0.2, 0) is 6.54 Å². The Bertz CT molecular complexity index is 553. The number of hydrogen-bond donors (Lipinski definition) is 1. The highest BCUT2D eigenvalue weighted by atomic mass is 35.5. The molecule has 0 aliphatic carbocycles. The summed E-state index contributed by atoms with van der Waals surface area (Å²) in [5.41, 5.74) is 1.88. The summed E-state index contributed by atoms with van der Waals surface area (Å²) in [6.45, 7) is 5.63. The van der Waals surface area contributed by atoms with Gasteiger partial charge in [0.1, 0.15) is 0 Å². The second-order valence-electron chi connectivity index (χ2n) is 4.08. The summed E-state index contributed by atoms with van der Waals surface area (Å²) < 4.78 is 1.88. The first-order chi connectivity index (χ1) is 9.19. The van der Waals surface area contributed by atoms with E-state index in [1.165, 1.54) is 0 Å². The Kier molecular flexibility index (Phi) is 4.80. The van der Waals surface area contributed by atoms with Crippen molar-refractivity contribution in [1.82, 2.24) is 20.1 Å². The van der Waals surface area contributed by atoms with E-state index in [-0.39, 0.29) is 6.04 Å². The Hall–Kier alpha value is -1.10. The lowest BCUT2D eigenvalue weighted by Gasteiger charge is -2.21. The third-order valence-corrected chi connectivity index (χ3v) is 3.54. The van der Waals surface area contributed by atoms with Gasteiger partial charge in [0, 0.05) is 18.9 Å². The van der Waals surface area contributed by atoms with Crippen LogP contribution in [-0.4, -0.2) is 21.3 Å². The van der Waals surface area contributed by atoms with E-state index in [1.54, 1.807) is 18.6 Å². The van der Waals surface area contributed by atoms with Crippen LogP contribution in [0.3, 0.4) is 0 Å². The van der Waals surface area contributed by atoms with Crippen LogP contribution in [0, 0.1) is 0 Å². The summed E-state index contributed by atoms with van der Waals surface area (Å²) in [5.74, 6) is 0. The molecule has 6 heteroatoms. The Morgan fingerprint density at radius 3 is 2.68 bits per heavy atom. The lowest BCUT2D eigenvalue weighted by molar-refractivity contribution is 0.542. The fourth-order valence-electron chi connectivity index (χ4n) is 2.09. The molecule has 1 unspecified atom stereocenters. The van der Waals surface area contributed by atoms with Gasteiger partial charge < -0.3 is 5.32 Å². The van der Waals surface area contributed by atoms with Crippen molar-refractivity contribution in [3.05, 3.63) is 46.0 Å². The summed E-state index contributed by atoms with van der Waals surface area (Å²) in [6.07, 6.45) is 5.04. The van der Waals surface area contributed by atoms with Crippen LogP contribution in [0.2, 0.25) is 10.0 Å². The highest BCUT2D eigenvalue weighted by molar-refractivity contribution is 6.32. The van der Waals surface area contributed by atoms with E-state index in [1.807, 2.05) is 24.6 Å². The van der Waals surface area contributed by atoms with Crippen molar-refractivity contribution in [3.8, 4) is 0 Å². The van der Waals surface area contributed by atoms with Crippen LogP contribution in [0.4, 0.5) is 0 Å². The normalized spacial score (nSPS) is 12.6. The summed E-state index contributed by atoms with van der Waals surface area (Å²) in [6, 6.07) is 1.81. The van der Waals surface area contributed by atoms with Crippen molar-refractivity contribution in [2.45, 2.75) is 26.4 Å². The van der Waals surface area contributed by atoms with Crippen molar-refractivity contribution in [2.24, 2.45) is 0 Å². The number of pyridine rings is 1. The number of hydrogen-bond acceptors (Lipinski definition) is 3. The first-order valence-electron chi connectivity index (χ1n) is 6.23. The zero-order valence-electron chi connectivity index (χ0n) is 10.9. The highest BCUT2D eigenvalue weighted by Gasteiger charge is 2.22. The molecule has 0 aliphatic rings. The van der Waals surface area contributed by atoms with Gasteiger partial charge in [0.15, 0.2) is 0 Å². The van der Waals surface area contributed by atoms with Crippen molar-refractivity contribution < 1.29 is 0 Å². The molecule has 2 rings (SSSR count). The van der Waals surface area contributed by atoms with Gasteiger partial charge in [-0.15, -0.1) is 0 Å². The van der Waals surface area contributed by atoms with Gasteiger partial charge in [0.2, 0.25) is 0 Å². The summed E-state index contributed by atoms with van der Waals surface area (Å²) in [4.78, 5) is 4.02. The molecule has 0 bridgehead atoms. The first kappa shape index (κ1) is 14.3. The molecule has 0 aromatic carbocycles. The molecule has 1 atom stereocenters. The van der Waals surface area contributed by atoms with Gasteiger partial charge in [-0.3, -0.25) is 9.67 Å². The minimum Gasteiger partial charge on any atom is -0.305 e. The quantitative estimate of drug-likeness (QED) is 0.921. The summed E-state index contributed by atoms with van der Waals surface area (Å²) >= 11 is 12.5. The molecule has 0 saturated carbocycles. The van der Waals surface area contributed by atoms with E-state index in [4.69, 9.17) is 23.2 Å². The van der Waals surface area contributed by atoms with Crippen molar-refractivity contribution in [3.63, 3.8) is 0 Å². The molecule has 2 heterocycles. The van der Waals surface area contributed by atoms with Crippen molar-refractivity contribution in [1.29, 1.82) is 0 Å². The molecular formula is C13H16Cl2N4. The molecule has 1 N–H and O–H groups in total. The van der Waals surface area contributed by atoms with Gasteiger partial charge >= 0.3 is 0 Å². The predicted octanol–water partition coefficient (Wildman–Crippen LogP) is 3.30. The number of aromatic nitrogens is 3. The number of halogens is 2. The molecule has 0 fully saturated rings. The predicted molar refractivity (Wildman–Crippen MR) is 77.7 cm³/mol. The molecular weight excluding hydrogens is 283 g/mol. The lowest BCUT2D eigenvalue weighted by atomic mass is 10.0. The van der Waals surface area contributed by atoms with Crippen molar-refractivity contribution in [2.75, 3.05) is 6.54 Å². The maximum atomic E-state index is 6.27. The molecule has 0 amide bonds. The van der Waals surface area contributed by atoms with Crippen LogP contribution in [0.25, 0.3) is 0 Å². The van der Waals surface area contributed by atoms with Gasteiger partial charge in [-0.1, -0.05) is 30.1 Å². The van der Waals surface area contributed by atoms with E-state index in [2.05, 4.69) is 15.4 Å². The Balaban J connectivity index is 2.51. The van der Waals surface area contributed by atoms with Crippen LogP contribution in [0.5, 0.6) is 0 Å². The Morgan fingerprint density at radius 1 is 1.26 bits per heavy atom. The highest BCUT2D eigenvalue weighted by Crippen LogP contribution is 2.31. The van der Waals surface area contributed by atoms with Crippen molar-refractivity contribution >= 4 is 23.2 Å². The maximum absolute atomic E-state index is 6.27. The molecule has 4 nitrogen and oxygen atoms in total. The van der Waals surface area contributed by atoms with Gasteiger partial charge in [-0.25, -0.2) is 0 Å².